The van der Waals surface area contributed by atoms with E-state index in [4.69, 9.17) is 4.52 Å². The molecule has 1 unspecified atom stereocenters. The first-order valence-electron chi connectivity index (χ1n) is 6.03. The molecule has 18 heavy (non-hydrogen) atoms. The van der Waals surface area contributed by atoms with Crippen molar-refractivity contribution in [2.24, 2.45) is 0 Å². The summed E-state index contributed by atoms with van der Waals surface area (Å²) >= 11 is 0. The number of hydrogen-bond donors (Lipinski definition) is 1. The normalized spacial score (nSPS) is 20.0. The highest BCUT2D eigenvalue weighted by Gasteiger charge is 2.27. The SMILES string of the molecule is O=C(c1ccon1)N1CCCC(c2ncc[nH]2)C1. The van der Waals surface area contributed by atoms with Crippen LogP contribution in [0.15, 0.2) is 29.2 Å². The first-order chi connectivity index (χ1) is 8.84. The maximum atomic E-state index is 12.1. The van der Waals surface area contributed by atoms with Gasteiger partial charge in [0, 0.05) is 37.5 Å². The fraction of sp³-hybridized carbons (Fsp3) is 0.417. The number of nitrogens with zero attached hydrogens (tertiary/aromatic N) is 3. The van der Waals surface area contributed by atoms with E-state index in [0.29, 0.717) is 12.2 Å². The number of likely N-dealkylation sites (tertiary alicyclic amines) is 1. The van der Waals surface area contributed by atoms with E-state index in [-0.39, 0.29) is 11.8 Å². The van der Waals surface area contributed by atoms with E-state index in [9.17, 15) is 4.79 Å². The molecule has 2 aromatic heterocycles. The van der Waals surface area contributed by atoms with E-state index in [0.717, 1.165) is 25.2 Å². The molecule has 1 fully saturated rings. The van der Waals surface area contributed by atoms with E-state index >= 15 is 0 Å². The molecule has 6 nitrogen and oxygen atoms in total. The van der Waals surface area contributed by atoms with Gasteiger partial charge in [0.2, 0.25) is 0 Å². The summed E-state index contributed by atoms with van der Waals surface area (Å²) in [5.41, 5.74) is 0.370. The molecule has 1 saturated heterocycles. The second-order valence-corrected chi connectivity index (χ2v) is 4.45. The Balaban J connectivity index is 1.73. The molecule has 3 rings (SSSR count). The average Bonchev–Trinajstić information content (AvgIpc) is 3.11. The van der Waals surface area contributed by atoms with Crippen molar-refractivity contribution in [3.05, 3.63) is 36.2 Å². The van der Waals surface area contributed by atoms with Crippen LogP contribution in [0.3, 0.4) is 0 Å². The number of carbonyl (C=O) groups excluding carboxylic acids is 1. The molecule has 0 aliphatic carbocycles. The van der Waals surface area contributed by atoms with Gasteiger partial charge in [-0.15, -0.1) is 0 Å². The lowest BCUT2D eigenvalue weighted by atomic mass is 9.97. The van der Waals surface area contributed by atoms with Gasteiger partial charge in [0.05, 0.1) is 0 Å². The molecule has 0 spiro atoms. The molecular weight excluding hydrogens is 232 g/mol. The van der Waals surface area contributed by atoms with Gasteiger partial charge in [-0.05, 0) is 12.8 Å². The highest BCUT2D eigenvalue weighted by Crippen LogP contribution is 2.25. The first kappa shape index (κ1) is 11.0. The number of imidazole rings is 1. The van der Waals surface area contributed by atoms with Gasteiger partial charge in [0.1, 0.15) is 12.1 Å². The number of amides is 1. The number of hydrogen-bond acceptors (Lipinski definition) is 4. The van der Waals surface area contributed by atoms with Crippen molar-refractivity contribution < 1.29 is 9.32 Å². The summed E-state index contributed by atoms with van der Waals surface area (Å²) < 4.78 is 4.71. The van der Waals surface area contributed by atoms with Crippen LogP contribution in [0.1, 0.15) is 35.1 Å². The Hall–Kier alpha value is -2.11. The lowest BCUT2D eigenvalue weighted by Gasteiger charge is -2.31. The fourth-order valence-electron chi connectivity index (χ4n) is 2.37. The summed E-state index contributed by atoms with van der Waals surface area (Å²) in [6.07, 6.45) is 7.01. The molecule has 1 aliphatic heterocycles. The summed E-state index contributed by atoms with van der Waals surface area (Å²) in [4.78, 5) is 21.3. The van der Waals surface area contributed by atoms with Gasteiger partial charge in [0.25, 0.3) is 5.91 Å². The van der Waals surface area contributed by atoms with Gasteiger partial charge in [-0.2, -0.15) is 0 Å². The molecule has 1 amide bonds. The minimum Gasteiger partial charge on any atom is -0.364 e. The first-order valence-corrected chi connectivity index (χ1v) is 6.03. The number of carbonyl (C=O) groups is 1. The smallest absolute Gasteiger partial charge is 0.276 e. The minimum absolute atomic E-state index is 0.0694. The molecule has 1 aliphatic rings. The third kappa shape index (κ3) is 2.01. The molecule has 6 heteroatoms. The summed E-state index contributed by atoms with van der Waals surface area (Å²) in [7, 11) is 0. The standard InChI is InChI=1S/C12H14N4O2/c17-12(10-3-7-18-15-10)16-6-1-2-9(8-16)11-13-4-5-14-11/h3-5,7,9H,1-2,6,8H2,(H,13,14). The van der Waals surface area contributed by atoms with Crippen molar-refractivity contribution in [3.63, 3.8) is 0 Å². The topological polar surface area (TPSA) is 75.0 Å². The molecule has 0 radical (unpaired) electrons. The van der Waals surface area contributed by atoms with Crippen LogP contribution in [0.5, 0.6) is 0 Å². The molecule has 0 bridgehead atoms. The number of nitrogens with one attached hydrogen (secondary N) is 1. The molecule has 3 heterocycles. The van der Waals surface area contributed by atoms with E-state index in [1.807, 2.05) is 11.1 Å². The largest absolute Gasteiger partial charge is 0.364 e. The number of aromatic nitrogens is 3. The van der Waals surface area contributed by atoms with E-state index in [2.05, 4.69) is 15.1 Å². The second-order valence-electron chi connectivity index (χ2n) is 4.45. The maximum Gasteiger partial charge on any atom is 0.276 e. The van der Waals surface area contributed by atoms with Gasteiger partial charge in [0.15, 0.2) is 5.69 Å². The Morgan fingerprint density at radius 3 is 3.22 bits per heavy atom. The van der Waals surface area contributed by atoms with Gasteiger partial charge >= 0.3 is 0 Å². The number of aromatic amines is 1. The Morgan fingerprint density at radius 1 is 1.56 bits per heavy atom. The van der Waals surface area contributed by atoms with Crippen molar-refractivity contribution >= 4 is 5.91 Å². The van der Waals surface area contributed by atoms with Crippen molar-refractivity contribution in [1.82, 2.24) is 20.0 Å². The van der Waals surface area contributed by atoms with Crippen LogP contribution in [0, 0.1) is 0 Å². The lowest BCUT2D eigenvalue weighted by molar-refractivity contribution is 0.0694. The summed E-state index contributed by atoms with van der Waals surface area (Å²) in [5, 5.41) is 3.69. The fourth-order valence-corrected chi connectivity index (χ4v) is 2.37. The summed E-state index contributed by atoms with van der Waals surface area (Å²) in [5.74, 6) is 1.16. The molecule has 0 saturated carbocycles. The van der Waals surface area contributed by atoms with Crippen LogP contribution in [-0.4, -0.2) is 39.0 Å². The third-order valence-corrected chi connectivity index (χ3v) is 3.27. The van der Waals surface area contributed by atoms with E-state index in [1.54, 1.807) is 12.3 Å². The summed E-state index contributed by atoms with van der Waals surface area (Å²) in [6.45, 7) is 1.45. The zero-order valence-electron chi connectivity index (χ0n) is 9.87. The predicted molar refractivity (Wildman–Crippen MR) is 63.0 cm³/mol. The highest BCUT2D eigenvalue weighted by molar-refractivity contribution is 5.92. The zero-order chi connectivity index (χ0) is 12.4. The average molecular weight is 246 g/mol. The Labute approximate surface area is 104 Å². The van der Waals surface area contributed by atoms with Crippen LogP contribution >= 0.6 is 0 Å². The van der Waals surface area contributed by atoms with Crippen LogP contribution in [0.2, 0.25) is 0 Å². The van der Waals surface area contributed by atoms with Gasteiger partial charge in [-0.1, -0.05) is 5.16 Å². The van der Waals surface area contributed by atoms with Crippen LogP contribution < -0.4 is 0 Å². The van der Waals surface area contributed by atoms with Crippen molar-refractivity contribution in [3.8, 4) is 0 Å². The van der Waals surface area contributed by atoms with Crippen LogP contribution in [-0.2, 0) is 0 Å². The number of rotatable bonds is 2. The van der Waals surface area contributed by atoms with Crippen molar-refractivity contribution in [2.45, 2.75) is 18.8 Å². The third-order valence-electron chi connectivity index (χ3n) is 3.27. The lowest BCUT2D eigenvalue weighted by Crippen LogP contribution is -2.39. The molecule has 2 aromatic rings. The molecule has 1 N–H and O–H groups in total. The molecule has 0 aromatic carbocycles. The van der Waals surface area contributed by atoms with Crippen LogP contribution in [0.25, 0.3) is 0 Å². The minimum atomic E-state index is -0.0694. The van der Waals surface area contributed by atoms with E-state index < -0.39 is 0 Å². The van der Waals surface area contributed by atoms with Crippen molar-refractivity contribution in [1.29, 1.82) is 0 Å². The Bertz CT molecular complexity index is 506. The zero-order valence-corrected chi connectivity index (χ0v) is 9.87. The van der Waals surface area contributed by atoms with Gasteiger partial charge in [-0.25, -0.2) is 4.98 Å². The predicted octanol–water partition coefficient (Wildman–Crippen LogP) is 1.42. The summed E-state index contributed by atoms with van der Waals surface area (Å²) in [6, 6.07) is 1.60. The van der Waals surface area contributed by atoms with Crippen molar-refractivity contribution in [2.75, 3.05) is 13.1 Å². The van der Waals surface area contributed by atoms with Crippen LogP contribution in [0.4, 0.5) is 0 Å². The molecule has 94 valence electrons. The molecular formula is C12H14N4O2. The highest BCUT2D eigenvalue weighted by atomic mass is 16.5. The molecule has 1 atom stereocenters. The Kier molecular flexibility index (Phi) is 2.84. The quantitative estimate of drug-likeness (QED) is 0.869. The maximum absolute atomic E-state index is 12.1. The monoisotopic (exact) mass is 246 g/mol. The van der Waals surface area contributed by atoms with Gasteiger partial charge < -0.3 is 14.4 Å². The van der Waals surface area contributed by atoms with Gasteiger partial charge in [-0.3, -0.25) is 4.79 Å². The Morgan fingerprint density at radius 2 is 2.50 bits per heavy atom. The number of H-pyrrole nitrogens is 1. The van der Waals surface area contributed by atoms with E-state index in [1.165, 1.54) is 6.26 Å². The second kappa shape index (κ2) is 4.64. The number of piperidine rings is 1.